The summed E-state index contributed by atoms with van der Waals surface area (Å²) in [6.07, 6.45) is 4.76. The number of thioether (sulfide) groups is 1. The van der Waals surface area contributed by atoms with Crippen LogP contribution < -0.4 is 10.6 Å². The Morgan fingerprint density at radius 2 is 1.66 bits per heavy atom. The first-order valence-electron chi connectivity index (χ1n) is 16.2. The van der Waals surface area contributed by atoms with Crippen LogP contribution in [0.15, 0.2) is 102 Å². The maximum Gasteiger partial charge on any atom is 0.220 e. The first-order chi connectivity index (χ1) is 23.0. The van der Waals surface area contributed by atoms with E-state index in [-0.39, 0.29) is 30.6 Å². The van der Waals surface area contributed by atoms with E-state index in [1.807, 2.05) is 66.7 Å². The topological polar surface area (TPSA) is 110 Å². The molecule has 1 aliphatic heterocycles. The second kappa shape index (κ2) is 17.8. The molecule has 3 atom stereocenters. The number of nitrogens with one attached hydrogen (secondary N) is 2. The normalized spacial score (nSPS) is 17.6. The highest BCUT2D eigenvalue weighted by atomic mass is 32.2. The minimum absolute atomic E-state index is 0.00334. The molecular formula is C38H43N3O5S. The van der Waals surface area contributed by atoms with Crippen molar-refractivity contribution in [2.24, 2.45) is 0 Å². The van der Waals surface area contributed by atoms with Crippen LogP contribution in [0.5, 0.6) is 0 Å². The van der Waals surface area contributed by atoms with E-state index in [9.17, 15) is 14.7 Å². The van der Waals surface area contributed by atoms with Crippen LogP contribution in [-0.2, 0) is 32.2 Å². The number of amides is 2. The Hall–Kier alpha value is -4.02. The van der Waals surface area contributed by atoms with Crippen molar-refractivity contribution in [3.05, 3.63) is 119 Å². The van der Waals surface area contributed by atoms with Gasteiger partial charge in [-0.15, -0.1) is 11.8 Å². The van der Waals surface area contributed by atoms with Crippen molar-refractivity contribution in [3.63, 3.8) is 0 Å². The van der Waals surface area contributed by atoms with Crippen LogP contribution in [0.4, 0.5) is 0 Å². The zero-order chi connectivity index (χ0) is 32.8. The summed E-state index contributed by atoms with van der Waals surface area (Å²) in [5.74, 6) is 0.745. The van der Waals surface area contributed by atoms with E-state index in [2.05, 4.69) is 39.9 Å². The van der Waals surface area contributed by atoms with Crippen LogP contribution in [0.3, 0.4) is 0 Å². The third kappa shape index (κ3) is 10.8. The van der Waals surface area contributed by atoms with Gasteiger partial charge in [-0.25, -0.2) is 4.98 Å². The van der Waals surface area contributed by atoms with E-state index in [1.54, 1.807) is 18.0 Å². The zero-order valence-electron chi connectivity index (χ0n) is 26.8. The molecule has 2 heterocycles. The third-order valence-electron chi connectivity index (χ3n) is 8.03. The number of rotatable bonds is 15. The molecular weight excluding hydrogens is 611 g/mol. The molecule has 0 bridgehead atoms. The Morgan fingerprint density at radius 1 is 0.851 bits per heavy atom. The predicted octanol–water partition coefficient (Wildman–Crippen LogP) is 6.89. The van der Waals surface area contributed by atoms with Crippen LogP contribution in [0.1, 0.15) is 73.7 Å². The molecule has 47 heavy (non-hydrogen) atoms. The van der Waals surface area contributed by atoms with Crippen molar-refractivity contribution in [2.75, 3.05) is 12.3 Å². The maximum atomic E-state index is 12.4. The molecule has 4 aromatic rings. The quantitative estimate of drug-likeness (QED) is 0.0947. The van der Waals surface area contributed by atoms with E-state index in [0.29, 0.717) is 25.9 Å². The van der Waals surface area contributed by atoms with Crippen LogP contribution in [0.2, 0.25) is 0 Å². The smallest absolute Gasteiger partial charge is 0.220 e. The van der Waals surface area contributed by atoms with Gasteiger partial charge in [0.05, 0.1) is 23.8 Å². The highest BCUT2D eigenvalue weighted by Gasteiger charge is 2.32. The molecule has 1 aromatic heterocycles. The average molecular weight is 654 g/mol. The number of carbonyl (C=O) groups excluding carboxylic acids is 2. The number of benzene rings is 3. The Kier molecular flexibility index (Phi) is 13.0. The minimum Gasteiger partial charge on any atom is -0.392 e. The van der Waals surface area contributed by atoms with Gasteiger partial charge in [0, 0.05) is 50.4 Å². The third-order valence-corrected chi connectivity index (χ3v) is 9.11. The number of ether oxygens (including phenoxy) is 2. The molecule has 0 aliphatic carbocycles. The fourth-order valence-electron chi connectivity index (χ4n) is 5.50. The van der Waals surface area contributed by atoms with E-state index in [4.69, 9.17) is 9.47 Å². The lowest BCUT2D eigenvalue weighted by Crippen LogP contribution is -2.31. The molecule has 1 saturated heterocycles. The largest absolute Gasteiger partial charge is 0.392 e. The predicted molar refractivity (Wildman–Crippen MR) is 184 cm³/mol. The summed E-state index contributed by atoms with van der Waals surface area (Å²) in [7, 11) is 0. The number of hydrogen-bond donors (Lipinski definition) is 3. The number of carbonyl (C=O) groups is 2. The minimum atomic E-state index is -0.554. The van der Waals surface area contributed by atoms with Gasteiger partial charge in [-0.2, -0.15) is 0 Å². The highest BCUT2D eigenvalue weighted by Crippen LogP contribution is 2.40. The van der Waals surface area contributed by atoms with E-state index in [1.165, 1.54) is 6.92 Å². The summed E-state index contributed by atoms with van der Waals surface area (Å²) >= 11 is 1.68. The maximum absolute atomic E-state index is 12.4. The van der Waals surface area contributed by atoms with Gasteiger partial charge >= 0.3 is 0 Å². The number of unbranched alkanes of at least 4 members (excludes halogenated alkanes) is 2. The van der Waals surface area contributed by atoms with Crippen LogP contribution in [-0.4, -0.2) is 40.3 Å². The van der Waals surface area contributed by atoms with Gasteiger partial charge in [-0.05, 0) is 64.9 Å². The lowest BCUT2D eigenvalue weighted by molar-refractivity contribution is -0.245. The molecule has 0 unspecified atom stereocenters. The van der Waals surface area contributed by atoms with Gasteiger partial charge in [0.25, 0.3) is 0 Å². The Morgan fingerprint density at radius 3 is 2.43 bits per heavy atom. The van der Waals surface area contributed by atoms with Gasteiger partial charge < -0.3 is 25.2 Å². The SMILES string of the molecule is CC(=O)NCCCCCC(=O)NCc1cccc(-c2cccc([C@H]3O[C@@H](CSc4ccccn4)C[C@@H](c4ccc(CO)cc4)O3)c2)c1. The number of aliphatic hydroxyl groups is 1. The van der Waals surface area contributed by atoms with Crippen molar-refractivity contribution >= 4 is 23.6 Å². The van der Waals surface area contributed by atoms with Crippen LogP contribution >= 0.6 is 11.8 Å². The molecule has 9 heteroatoms. The van der Waals surface area contributed by atoms with Crippen molar-refractivity contribution in [1.29, 1.82) is 0 Å². The van der Waals surface area contributed by atoms with Gasteiger partial charge in [0.15, 0.2) is 6.29 Å². The highest BCUT2D eigenvalue weighted by molar-refractivity contribution is 7.99. The van der Waals surface area contributed by atoms with Gasteiger partial charge in [-0.3, -0.25) is 9.59 Å². The number of hydrogen-bond acceptors (Lipinski definition) is 7. The Labute approximate surface area is 281 Å². The van der Waals surface area contributed by atoms with E-state index in [0.717, 1.165) is 63.4 Å². The molecule has 1 fully saturated rings. The molecule has 5 rings (SSSR count). The summed E-state index contributed by atoms with van der Waals surface area (Å²) in [6, 6.07) is 30.3. The zero-order valence-corrected chi connectivity index (χ0v) is 27.6. The molecule has 2 amide bonds. The molecule has 0 spiro atoms. The molecule has 246 valence electrons. The summed E-state index contributed by atoms with van der Waals surface area (Å²) in [5, 5.41) is 16.3. The Balaban J connectivity index is 1.23. The van der Waals surface area contributed by atoms with Gasteiger partial charge in [0.2, 0.25) is 11.8 Å². The number of nitrogens with zero attached hydrogens (tertiary/aromatic N) is 1. The molecule has 0 saturated carbocycles. The molecule has 8 nitrogen and oxygen atoms in total. The summed E-state index contributed by atoms with van der Waals surface area (Å²) < 4.78 is 13.1. The van der Waals surface area contributed by atoms with Crippen molar-refractivity contribution in [3.8, 4) is 11.1 Å². The summed E-state index contributed by atoms with van der Waals surface area (Å²) in [6.45, 7) is 2.62. The molecule has 3 aromatic carbocycles. The Bertz CT molecular complexity index is 1580. The van der Waals surface area contributed by atoms with Crippen LogP contribution in [0.25, 0.3) is 11.1 Å². The van der Waals surface area contributed by atoms with Crippen molar-refractivity contribution in [2.45, 2.75) is 75.7 Å². The number of aromatic nitrogens is 1. The van der Waals surface area contributed by atoms with Crippen molar-refractivity contribution < 1.29 is 24.2 Å². The van der Waals surface area contributed by atoms with E-state index >= 15 is 0 Å². The van der Waals surface area contributed by atoms with Crippen molar-refractivity contribution in [1.82, 2.24) is 15.6 Å². The van der Waals surface area contributed by atoms with Gasteiger partial charge in [-0.1, -0.05) is 73.2 Å². The average Bonchev–Trinajstić information content (AvgIpc) is 3.11. The fourth-order valence-corrected chi connectivity index (χ4v) is 6.38. The second-order valence-corrected chi connectivity index (χ2v) is 12.8. The summed E-state index contributed by atoms with van der Waals surface area (Å²) in [5.41, 5.74) is 5.96. The summed E-state index contributed by atoms with van der Waals surface area (Å²) in [4.78, 5) is 27.8. The second-order valence-electron chi connectivity index (χ2n) is 11.7. The standard InChI is InChI=1S/C38H43N3O5S/c1-27(43)39-19-5-2-3-13-36(44)41-24-29-9-7-10-31(21-29)32-11-8-12-33(22-32)38-45-34(26-47-37-14-4-6-20-40-37)23-35(46-38)30-17-15-28(25-42)16-18-30/h4,6-12,14-18,20-22,34-35,38,42H,2-3,5,13,19,23-26H2,1H3,(H,39,43)(H,41,44)/t34-,35+,38+/m1/s1. The van der Waals surface area contributed by atoms with E-state index < -0.39 is 6.29 Å². The first kappa shape index (κ1) is 34.3. The van der Waals surface area contributed by atoms with Crippen LogP contribution in [0, 0.1) is 0 Å². The molecule has 3 N–H and O–H groups in total. The monoisotopic (exact) mass is 653 g/mol. The molecule has 0 radical (unpaired) electrons. The number of aliphatic hydroxyl groups excluding tert-OH is 1. The first-order valence-corrected chi connectivity index (χ1v) is 17.2. The lowest BCUT2D eigenvalue weighted by Gasteiger charge is -2.36. The lowest BCUT2D eigenvalue weighted by atomic mass is 9.99. The van der Waals surface area contributed by atoms with Gasteiger partial charge in [0.1, 0.15) is 0 Å². The fraction of sp³-hybridized carbons (Fsp3) is 0.342. The number of pyridine rings is 1. The molecule has 1 aliphatic rings.